The summed E-state index contributed by atoms with van der Waals surface area (Å²) in [5.74, 6) is 0.133. The minimum Gasteiger partial charge on any atom is -1.00 e. The van der Waals surface area contributed by atoms with E-state index in [1.54, 1.807) is 17.0 Å². The molecule has 0 aliphatic rings. The van der Waals surface area contributed by atoms with Crippen LogP contribution >= 0.6 is 0 Å². The number of hydrogen-bond donors (Lipinski definition) is 1. The van der Waals surface area contributed by atoms with Crippen LogP contribution in [0.3, 0.4) is 0 Å². The molecule has 0 aliphatic heterocycles. The minimum atomic E-state index is 0. The van der Waals surface area contributed by atoms with Crippen LogP contribution in [-0.2, 0) is 0 Å². The van der Waals surface area contributed by atoms with E-state index in [1.807, 2.05) is 18.2 Å². The molecule has 0 bridgehead atoms. The van der Waals surface area contributed by atoms with Gasteiger partial charge in [-0.25, -0.2) is 4.79 Å². The lowest BCUT2D eigenvalue weighted by atomic mass is 10.2. The summed E-state index contributed by atoms with van der Waals surface area (Å²) < 4.78 is 1.61. The third-order valence-corrected chi connectivity index (χ3v) is 1.85. The van der Waals surface area contributed by atoms with Gasteiger partial charge < -0.3 is 18.1 Å². The number of pyridine rings is 1. The lowest BCUT2D eigenvalue weighted by Crippen LogP contribution is -3.00. The quantitative estimate of drug-likeness (QED) is 0.455. The predicted octanol–water partition coefficient (Wildman–Crippen LogP) is -2.25. The molecule has 4 heteroatoms. The number of nitrogens with two attached hydrogens (primary N) is 1. The second kappa shape index (κ2) is 7.47. The molecule has 1 aromatic heterocycles. The SMILES string of the molecule is NCCCCC(=O)[n+]1ccccc1.[Cl-]. The molecule has 1 heterocycles. The first-order chi connectivity index (χ1) is 6.34. The van der Waals surface area contributed by atoms with Crippen LogP contribution in [0.4, 0.5) is 0 Å². The van der Waals surface area contributed by atoms with E-state index in [-0.39, 0.29) is 18.3 Å². The van der Waals surface area contributed by atoms with Gasteiger partial charge in [-0.1, -0.05) is 6.07 Å². The van der Waals surface area contributed by atoms with Gasteiger partial charge in [0.25, 0.3) is 0 Å². The zero-order chi connectivity index (χ0) is 9.52. The van der Waals surface area contributed by atoms with E-state index in [0.717, 1.165) is 12.8 Å². The second-order valence-corrected chi connectivity index (χ2v) is 2.92. The average Bonchev–Trinajstić information content (AvgIpc) is 2.19. The number of halogens is 1. The summed E-state index contributed by atoms with van der Waals surface area (Å²) in [5, 5.41) is 0. The van der Waals surface area contributed by atoms with Gasteiger partial charge in [0.15, 0.2) is 12.4 Å². The zero-order valence-corrected chi connectivity index (χ0v) is 8.78. The Balaban J connectivity index is 0.00000169. The van der Waals surface area contributed by atoms with Crippen LogP contribution < -0.4 is 22.7 Å². The Bertz CT molecular complexity index is 264. The van der Waals surface area contributed by atoms with Crippen molar-refractivity contribution in [2.24, 2.45) is 5.73 Å². The molecule has 0 atom stereocenters. The number of nitrogens with zero attached hydrogens (tertiary/aromatic N) is 1. The number of rotatable bonds is 4. The molecule has 0 radical (unpaired) electrons. The van der Waals surface area contributed by atoms with Crippen molar-refractivity contribution in [1.29, 1.82) is 0 Å². The van der Waals surface area contributed by atoms with Gasteiger partial charge in [0.2, 0.25) is 0 Å². The minimum absolute atomic E-state index is 0. The first kappa shape index (κ1) is 13.1. The van der Waals surface area contributed by atoms with Gasteiger partial charge in [-0.2, -0.15) is 0 Å². The van der Waals surface area contributed by atoms with Crippen molar-refractivity contribution < 1.29 is 21.8 Å². The molecule has 0 amide bonds. The third-order valence-electron chi connectivity index (χ3n) is 1.85. The summed E-state index contributed by atoms with van der Waals surface area (Å²) in [6.07, 6.45) is 5.90. The van der Waals surface area contributed by atoms with Gasteiger partial charge >= 0.3 is 5.91 Å². The molecule has 0 spiro atoms. The van der Waals surface area contributed by atoms with Crippen LogP contribution in [-0.4, -0.2) is 12.5 Å². The molecule has 0 unspecified atom stereocenters. The second-order valence-electron chi connectivity index (χ2n) is 2.92. The summed E-state index contributed by atoms with van der Waals surface area (Å²) in [6, 6.07) is 5.59. The van der Waals surface area contributed by atoms with Crippen LogP contribution in [0.5, 0.6) is 0 Å². The van der Waals surface area contributed by atoms with Crippen LogP contribution in [0.15, 0.2) is 30.6 Å². The van der Waals surface area contributed by atoms with E-state index in [2.05, 4.69) is 0 Å². The van der Waals surface area contributed by atoms with Crippen molar-refractivity contribution in [3.05, 3.63) is 30.6 Å². The molecular weight excluding hydrogens is 200 g/mol. The summed E-state index contributed by atoms with van der Waals surface area (Å²) >= 11 is 0. The smallest absolute Gasteiger partial charge is 0.392 e. The van der Waals surface area contributed by atoms with Gasteiger partial charge in [0, 0.05) is 12.1 Å². The molecule has 0 aromatic carbocycles. The molecular formula is C10H15ClN2O. The third kappa shape index (κ3) is 4.35. The molecule has 0 saturated carbocycles. The molecule has 14 heavy (non-hydrogen) atoms. The fourth-order valence-corrected chi connectivity index (χ4v) is 1.11. The molecule has 1 rings (SSSR count). The highest BCUT2D eigenvalue weighted by Gasteiger charge is 2.11. The topological polar surface area (TPSA) is 47.0 Å². The molecule has 78 valence electrons. The van der Waals surface area contributed by atoms with E-state index in [9.17, 15) is 4.79 Å². The Hall–Kier alpha value is -0.930. The van der Waals surface area contributed by atoms with Gasteiger partial charge in [-0.15, -0.1) is 4.57 Å². The fraction of sp³-hybridized carbons (Fsp3) is 0.400. The number of carbonyl (C=O) groups excluding carboxylic acids is 1. The van der Waals surface area contributed by atoms with Crippen LogP contribution in [0, 0.1) is 0 Å². The molecule has 2 N–H and O–H groups in total. The molecule has 0 aliphatic carbocycles. The first-order valence-electron chi connectivity index (χ1n) is 4.54. The maximum absolute atomic E-state index is 11.4. The molecule has 1 aromatic rings. The van der Waals surface area contributed by atoms with Gasteiger partial charge in [0.05, 0.1) is 6.42 Å². The lowest BCUT2D eigenvalue weighted by molar-refractivity contribution is -0.574. The zero-order valence-electron chi connectivity index (χ0n) is 8.03. The molecule has 3 nitrogen and oxygen atoms in total. The van der Waals surface area contributed by atoms with E-state index in [1.165, 1.54) is 0 Å². The van der Waals surface area contributed by atoms with Crippen molar-refractivity contribution in [3.8, 4) is 0 Å². The maximum atomic E-state index is 11.4. The van der Waals surface area contributed by atoms with E-state index >= 15 is 0 Å². The Morgan fingerprint density at radius 1 is 1.14 bits per heavy atom. The highest BCUT2D eigenvalue weighted by atomic mass is 35.5. The average molecular weight is 215 g/mol. The summed E-state index contributed by atoms with van der Waals surface area (Å²) in [5.41, 5.74) is 5.34. The van der Waals surface area contributed by atoms with Gasteiger partial charge in [-0.05, 0) is 19.4 Å². The first-order valence-corrected chi connectivity index (χ1v) is 4.54. The molecule has 0 fully saturated rings. The van der Waals surface area contributed by atoms with E-state index < -0.39 is 0 Å². The summed E-state index contributed by atoms with van der Waals surface area (Å²) in [4.78, 5) is 11.4. The largest absolute Gasteiger partial charge is 1.00 e. The number of aromatic nitrogens is 1. The van der Waals surface area contributed by atoms with E-state index in [0.29, 0.717) is 13.0 Å². The van der Waals surface area contributed by atoms with Crippen LogP contribution in [0.2, 0.25) is 0 Å². The van der Waals surface area contributed by atoms with Crippen molar-refractivity contribution in [2.45, 2.75) is 19.3 Å². The number of carbonyl (C=O) groups is 1. The van der Waals surface area contributed by atoms with Crippen molar-refractivity contribution in [1.82, 2.24) is 0 Å². The van der Waals surface area contributed by atoms with Gasteiger partial charge in [0.1, 0.15) is 0 Å². The highest BCUT2D eigenvalue weighted by Crippen LogP contribution is 1.93. The van der Waals surface area contributed by atoms with Crippen molar-refractivity contribution >= 4 is 5.91 Å². The van der Waals surface area contributed by atoms with Crippen LogP contribution in [0.25, 0.3) is 0 Å². The Labute approximate surface area is 90.3 Å². The van der Waals surface area contributed by atoms with Crippen LogP contribution in [0.1, 0.15) is 24.1 Å². The predicted molar refractivity (Wildman–Crippen MR) is 50.2 cm³/mol. The monoisotopic (exact) mass is 214 g/mol. The summed E-state index contributed by atoms with van der Waals surface area (Å²) in [6.45, 7) is 0.659. The normalized spacial score (nSPS) is 9.21. The maximum Gasteiger partial charge on any atom is 0.392 e. The van der Waals surface area contributed by atoms with Crippen molar-refractivity contribution in [3.63, 3.8) is 0 Å². The number of unbranched alkanes of at least 4 members (excludes halogenated alkanes) is 1. The Morgan fingerprint density at radius 3 is 2.36 bits per heavy atom. The standard InChI is InChI=1S/C10H15N2O.ClH/c11-7-3-2-6-10(13)12-8-4-1-5-9-12;/h1,4-5,8-9H,2-3,6-7,11H2;1H/q+1;/p-1. The molecule has 0 saturated heterocycles. The van der Waals surface area contributed by atoms with Crippen molar-refractivity contribution in [2.75, 3.05) is 6.54 Å². The lowest BCUT2D eigenvalue weighted by Gasteiger charge is -1.93. The summed E-state index contributed by atoms with van der Waals surface area (Å²) in [7, 11) is 0. The van der Waals surface area contributed by atoms with E-state index in [4.69, 9.17) is 5.73 Å². The Morgan fingerprint density at radius 2 is 1.79 bits per heavy atom. The Kier molecular flexibility index (Phi) is 6.98. The highest BCUT2D eigenvalue weighted by molar-refractivity contribution is 5.66. The number of hydrogen-bond acceptors (Lipinski definition) is 2. The van der Waals surface area contributed by atoms with Gasteiger partial charge in [-0.3, -0.25) is 0 Å². The fourth-order valence-electron chi connectivity index (χ4n) is 1.11.